The Morgan fingerprint density at radius 1 is 1.17 bits per heavy atom. The van der Waals surface area contributed by atoms with Gasteiger partial charge in [0.1, 0.15) is 0 Å². The van der Waals surface area contributed by atoms with Crippen LogP contribution in [-0.2, 0) is 0 Å². The minimum absolute atomic E-state index is 1.05. The van der Waals surface area contributed by atoms with E-state index in [1.807, 2.05) is 38.4 Å². The Kier molecular flexibility index (Phi) is 3.73. The van der Waals surface area contributed by atoms with Gasteiger partial charge in [-0.15, -0.1) is 0 Å². The first-order valence-electron chi connectivity index (χ1n) is 6.05. The molecular weight excluding hydrogens is 218 g/mol. The molecule has 0 radical (unpaired) electrons. The highest BCUT2D eigenvalue weighted by atomic mass is 14.6. The summed E-state index contributed by atoms with van der Waals surface area (Å²) >= 11 is 0. The van der Waals surface area contributed by atoms with Crippen LogP contribution in [0.3, 0.4) is 0 Å². The zero-order valence-electron chi connectivity index (χ0n) is 10.9. The van der Waals surface area contributed by atoms with E-state index in [1.54, 1.807) is 0 Å². The van der Waals surface area contributed by atoms with Gasteiger partial charge in [0.2, 0.25) is 0 Å². The number of benzene rings is 1. The summed E-state index contributed by atoms with van der Waals surface area (Å²) in [5, 5.41) is 2.38. The molecule has 18 heavy (non-hydrogen) atoms. The molecule has 0 fully saturated rings. The predicted molar refractivity (Wildman–Crippen MR) is 79.3 cm³/mol. The van der Waals surface area contributed by atoms with Crippen LogP contribution in [0.1, 0.15) is 19.4 Å². The molecule has 2 aromatic rings. The molecule has 0 saturated carbocycles. The summed E-state index contributed by atoms with van der Waals surface area (Å²) in [6.07, 6.45) is 9.95. The van der Waals surface area contributed by atoms with Crippen molar-refractivity contribution in [3.05, 3.63) is 72.6 Å². The Bertz CT molecular complexity index is 633. The third-order valence-corrected chi connectivity index (χ3v) is 2.83. The highest BCUT2D eigenvalue weighted by Crippen LogP contribution is 2.21. The van der Waals surface area contributed by atoms with E-state index in [2.05, 4.69) is 41.9 Å². The molecule has 0 unspecified atom stereocenters. The van der Waals surface area contributed by atoms with Crippen molar-refractivity contribution < 1.29 is 0 Å². The molecule has 0 atom stereocenters. The fourth-order valence-corrected chi connectivity index (χ4v) is 1.86. The van der Waals surface area contributed by atoms with E-state index in [0.29, 0.717) is 0 Å². The van der Waals surface area contributed by atoms with Gasteiger partial charge in [0.15, 0.2) is 0 Å². The van der Waals surface area contributed by atoms with Crippen molar-refractivity contribution in [1.29, 1.82) is 0 Å². The first-order valence-corrected chi connectivity index (χ1v) is 6.05. The molecular formula is C17H17N. The molecule has 1 heterocycles. The van der Waals surface area contributed by atoms with Crippen molar-refractivity contribution >= 4 is 16.3 Å². The van der Waals surface area contributed by atoms with Gasteiger partial charge < -0.3 is 0 Å². The van der Waals surface area contributed by atoms with Crippen LogP contribution >= 0.6 is 0 Å². The van der Waals surface area contributed by atoms with E-state index < -0.39 is 0 Å². The first-order chi connectivity index (χ1) is 8.70. The predicted octanol–water partition coefficient (Wildman–Crippen LogP) is 4.77. The lowest BCUT2D eigenvalue weighted by Gasteiger charge is -2.04. The zero-order valence-corrected chi connectivity index (χ0v) is 10.9. The normalized spacial score (nSPS) is 12.2. The van der Waals surface area contributed by atoms with Crippen molar-refractivity contribution in [3.8, 4) is 0 Å². The van der Waals surface area contributed by atoms with Crippen LogP contribution in [0.25, 0.3) is 16.3 Å². The van der Waals surface area contributed by atoms with E-state index in [0.717, 1.165) is 11.0 Å². The Balaban J connectivity index is 2.43. The van der Waals surface area contributed by atoms with Crippen molar-refractivity contribution in [2.24, 2.45) is 0 Å². The topological polar surface area (TPSA) is 12.9 Å². The van der Waals surface area contributed by atoms with E-state index in [-0.39, 0.29) is 0 Å². The van der Waals surface area contributed by atoms with Crippen molar-refractivity contribution in [2.45, 2.75) is 13.8 Å². The Morgan fingerprint density at radius 2 is 2.00 bits per heavy atom. The molecule has 0 spiro atoms. The highest BCUT2D eigenvalue weighted by molar-refractivity contribution is 5.87. The maximum Gasteiger partial charge on any atom is 0.0346 e. The molecule has 0 saturated heterocycles. The number of nitrogens with zero attached hydrogens (tertiary/aromatic N) is 1. The summed E-state index contributed by atoms with van der Waals surface area (Å²) in [6.45, 7) is 7.92. The van der Waals surface area contributed by atoms with Gasteiger partial charge >= 0.3 is 0 Å². The monoisotopic (exact) mass is 235 g/mol. The lowest BCUT2D eigenvalue weighted by molar-refractivity contribution is 1.36. The second kappa shape index (κ2) is 5.46. The second-order valence-corrected chi connectivity index (χ2v) is 4.36. The van der Waals surface area contributed by atoms with Crippen LogP contribution in [-0.4, -0.2) is 4.98 Å². The molecule has 0 amide bonds. The molecule has 0 bridgehead atoms. The van der Waals surface area contributed by atoms with Crippen LogP contribution in [0.15, 0.2) is 67.0 Å². The largest absolute Gasteiger partial charge is 0.264 e. The minimum atomic E-state index is 1.05. The zero-order chi connectivity index (χ0) is 13.0. The highest BCUT2D eigenvalue weighted by Gasteiger charge is 1.99. The van der Waals surface area contributed by atoms with E-state index in [9.17, 15) is 0 Å². The van der Waals surface area contributed by atoms with Crippen molar-refractivity contribution in [1.82, 2.24) is 4.98 Å². The van der Waals surface area contributed by atoms with E-state index in [4.69, 9.17) is 0 Å². The van der Waals surface area contributed by atoms with Gasteiger partial charge in [-0.25, -0.2) is 0 Å². The minimum Gasteiger partial charge on any atom is -0.264 e. The summed E-state index contributed by atoms with van der Waals surface area (Å²) in [4.78, 5) is 4.16. The molecule has 0 aliphatic heterocycles. The van der Waals surface area contributed by atoms with E-state index in [1.165, 1.54) is 16.5 Å². The number of pyridine rings is 1. The molecule has 1 aromatic heterocycles. The van der Waals surface area contributed by atoms with Crippen molar-refractivity contribution in [3.63, 3.8) is 0 Å². The summed E-state index contributed by atoms with van der Waals surface area (Å²) < 4.78 is 0. The SMILES string of the molecule is C=C(C)/C=C\C(=C/C)c1ccc2ccncc2c1. The van der Waals surface area contributed by atoms with Crippen molar-refractivity contribution in [2.75, 3.05) is 0 Å². The second-order valence-electron chi connectivity index (χ2n) is 4.36. The lowest BCUT2D eigenvalue weighted by atomic mass is 10.0. The average Bonchev–Trinajstić information content (AvgIpc) is 2.39. The number of hydrogen-bond donors (Lipinski definition) is 0. The lowest BCUT2D eigenvalue weighted by Crippen LogP contribution is -1.83. The van der Waals surface area contributed by atoms with Gasteiger partial charge in [-0.2, -0.15) is 0 Å². The Morgan fingerprint density at radius 3 is 2.72 bits per heavy atom. The van der Waals surface area contributed by atoms with Crippen LogP contribution in [0, 0.1) is 0 Å². The Labute approximate surface area is 108 Å². The third-order valence-electron chi connectivity index (χ3n) is 2.83. The number of rotatable bonds is 3. The number of aromatic nitrogens is 1. The van der Waals surface area contributed by atoms with Crippen LogP contribution in [0.2, 0.25) is 0 Å². The van der Waals surface area contributed by atoms with E-state index >= 15 is 0 Å². The molecule has 0 aliphatic carbocycles. The summed E-state index contributed by atoms with van der Waals surface area (Å²) in [7, 11) is 0. The van der Waals surface area contributed by atoms with Crippen LogP contribution in [0.5, 0.6) is 0 Å². The quantitative estimate of drug-likeness (QED) is 0.698. The Hall–Kier alpha value is -2.15. The first kappa shape index (κ1) is 12.3. The average molecular weight is 235 g/mol. The standard InChI is InChI=1S/C17H17N/c1-4-14(6-5-13(2)3)16-8-7-15-9-10-18-12-17(15)11-16/h4-12H,2H2,1,3H3/b6-5-,14-4+. The maximum absolute atomic E-state index is 4.16. The van der Waals surface area contributed by atoms with Gasteiger partial charge in [-0.1, -0.05) is 42.5 Å². The van der Waals surface area contributed by atoms with Crippen LogP contribution in [0.4, 0.5) is 0 Å². The van der Waals surface area contributed by atoms with Gasteiger partial charge in [0.05, 0.1) is 0 Å². The number of hydrogen-bond acceptors (Lipinski definition) is 1. The summed E-state index contributed by atoms with van der Waals surface area (Å²) in [5.41, 5.74) is 3.45. The van der Waals surface area contributed by atoms with Gasteiger partial charge in [0.25, 0.3) is 0 Å². The van der Waals surface area contributed by atoms with Gasteiger partial charge in [0, 0.05) is 17.8 Å². The molecule has 1 nitrogen and oxygen atoms in total. The fourth-order valence-electron chi connectivity index (χ4n) is 1.86. The fraction of sp³-hybridized carbons (Fsp3) is 0.118. The maximum atomic E-state index is 4.16. The number of allylic oxidation sites excluding steroid dienone is 5. The van der Waals surface area contributed by atoms with Crippen LogP contribution < -0.4 is 0 Å². The molecule has 1 heteroatoms. The smallest absolute Gasteiger partial charge is 0.0346 e. The summed E-state index contributed by atoms with van der Waals surface area (Å²) in [6, 6.07) is 8.46. The molecule has 2 rings (SSSR count). The molecule has 0 N–H and O–H groups in total. The molecule has 1 aromatic carbocycles. The third kappa shape index (κ3) is 2.75. The molecule has 90 valence electrons. The van der Waals surface area contributed by atoms with Gasteiger partial charge in [-0.05, 0) is 42.5 Å². The van der Waals surface area contributed by atoms with Gasteiger partial charge in [-0.3, -0.25) is 4.98 Å². The molecule has 0 aliphatic rings. The summed E-state index contributed by atoms with van der Waals surface area (Å²) in [5.74, 6) is 0. The number of fused-ring (bicyclic) bond motifs is 1.